The molecule has 0 aliphatic rings. The summed E-state index contributed by atoms with van der Waals surface area (Å²) in [5, 5.41) is -0.598. The molecule has 0 unspecified atom stereocenters. The summed E-state index contributed by atoms with van der Waals surface area (Å²) in [4.78, 5) is 32.4. The standard InChI is InChI=1S/C9H6ClFN4O2/c10-7-6(11)8(16)15(9(17)14-7)3-5-1-2-12-4-13-5/h1-2,4H,3H2,(H,14,17). The van der Waals surface area contributed by atoms with Gasteiger partial charge in [-0.1, -0.05) is 11.6 Å². The summed E-state index contributed by atoms with van der Waals surface area (Å²) in [7, 11) is 0. The van der Waals surface area contributed by atoms with E-state index in [1.54, 1.807) is 0 Å². The summed E-state index contributed by atoms with van der Waals surface area (Å²) in [5.74, 6) is -1.19. The third-order valence-corrected chi connectivity index (χ3v) is 2.31. The molecule has 2 rings (SSSR count). The van der Waals surface area contributed by atoms with E-state index in [4.69, 9.17) is 11.6 Å². The predicted molar refractivity (Wildman–Crippen MR) is 57.4 cm³/mol. The Morgan fingerprint density at radius 2 is 2.24 bits per heavy atom. The summed E-state index contributed by atoms with van der Waals surface area (Å²) >= 11 is 5.32. The summed E-state index contributed by atoms with van der Waals surface area (Å²) in [6, 6.07) is 1.51. The minimum absolute atomic E-state index is 0.148. The molecule has 17 heavy (non-hydrogen) atoms. The molecule has 0 aliphatic heterocycles. The zero-order valence-electron chi connectivity index (χ0n) is 8.35. The molecule has 0 aromatic carbocycles. The molecule has 0 aliphatic carbocycles. The van der Waals surface area contributed by atoms with Crippen LogP contribution in [0.2, 0.25) is 5.15 Å². The van der Waals surface area contributed by atoms with Gasteiger partial charge in [0.25, 0.3) is 5.56 Å². The highest BCUT2D eigenvalue weighted by Gasteiger charge is 2.12. The number of hydrogen-bond donors (Lipinski definition) is 1. The first-order valence-electron chi connectivity index (χ1n) is 4.52. The van der Waals surface area contributed by atoms with Gasteiger partial charge in [-0.15, -0.1) is 0 Å². The van der Waals surface area contributed by atoms with Crippen molar-refractivity contribution >= 4 is 11.6 Å². The van der Waals surface area contributed by atoms with Crippen LogP contribution in [0, 0.1) is 5.82 Å². The lowest BCUT2D eigenvalue weighted by molar-refractivity contribution is 0.555. The minimum atomic E-state index is -1.19. The van der Waals surface area contributed by atoms with Crippen LogP contribution in [0.1, 0.15) is 5.69 Å². The third kappa shape index (κ3) is 2.23. The van der Waals surface area contributed by atoms with Crippen molar-refractivity contribution in [1.82, 2.24) is 19.5 Å². The van der Waals surface area contributed by atoms with Crippen LogP contribution in [0.25, 0.3) is 0 Å². The van der Waals surface area contributed by atoms with Gasteiger partial charge in [0.1, 0.15) is 6.33 Å². The number of hydrogen-bond acceptors (Lipinski definition) is 4. The van der Waals surface area contributed by atoms with Crippen molar-refractivity contribution < 1.29 is 4.39 Å². The number of rotatable bonds is 2. The van der Waals surface area contributed by atoms with E-state index >= 15 is 0 Å². The van der Waals surface area contributed by atoms with Crippen molar-refractivity contribution in [1.29, 1.82) is 0 Å². The van der Waals surface area contributed by atoms with E-state index in [1.807, 2.05) is 4.98 Å². The highest BCUT2D eigenvalue weighted by molar-refractivity contribution is 6.29. The lowest BCUT2D eigenvalue weighted by Gasteiger charge is -2.04. The first kappa shape index (κ1) is 11.5. The third-order valence-electron chi connectivity index (χ3n) is 2.05. The molecule has 0 bridgehead atoms. The van der Waals surface area contributed by atoms with Gasteiger partial charge in [0, 0.05) is 6.20 Å². The van der Waals surface area contributed by atoms with Gasteiger partial charge in [-0.05, 0) is 6.07 Å². The fourth-order valence-corrected chi connectivity index (χ4v) is 1.40. The Morgan fingerprint density at radius 1 is 1.47 bits per heavy atom. The van der Waals surface area contributed by atoms with Crippen molar-refractivity contribution in [3.05, 3.63) is 56.1 Å². The number of H-pyrrole nitrogens is 1. The maximum Gasteiger partial charge on any atom is 0.330 e. The lowest BCUT2D eigenvalue weighted by atomic mass is 10.4. The average Bonchev–Trinajstić information content (AvgIpc) is 2.33. The maximum atomic E-state index is 13.2. The van der Waals surface area contributed by atoms with Crippen LogP contribution < -0.4 is 11.2 Å². The Kier molecular flexibility index (Phi) is 3.01. The van der Waals surface area contributed by atoms with Crippen LogP contribution in [0.5, 0.6) is 0 Å². The summed E-state index contributed by atoms with van der Waals surface area (Å²) in [6.07, 6.45) is 2.72. The maximum absolute atomic E-state index is 13.2. The van der Waals surface area contributed by atoms with E-state index in [0.29, 0.717) is 10.3 Å². The Bertz CT molecular complexity index is 652. The van der Waals surface area contributed by atoms with Crippen LogP contribution in [0.4, 0.5) is 4.39 Å². The molecule has 0 spiro atoms. The molecule has 0 amide bonds. The zero-order valence-corrected chi connectivity index (χ0v) is 9.11. The Morgan fingerprint density at radius 3 is 2.88 bits per heavy atom. The number of aromatic amines is 1. The van der Waals surface area contributed by atoms with Crippen molar-refractivity contribution in [2.24, 2.45) is 0 Å². The van der Waals surface area contributed by atoms with Gasteiger partial charge >= 0.3 is 5.69 Å². The lowest BCUT2D eigenvalue weighted by Crippen LogP contribution is -2.37. The molecular formula is C9H6ClFN4O2. The van der Waals surface area contributed by atoms with Gasteiger partial charge in [-0.3, -0.25) is 14.3 Å². The zero-order chi connectivity index (χ0) is 12.4. The van der Waals surface area contributed by atoms with Gasteiger partial charge in [-0.2, -0.15) is 4.39 Å². The van der Waals surface area contributed by atoms with Crippen molar-refractivity contribution in [2.45, 2.75) is 6.54 Å². The van der Waals surface area contributed by atoms with E-state index in [1.165, 1.54) is 18.6 Å². The largest absolute Gasteiger partial charge is 0.330 e. The molecule has 2 heterocycles. The number of nitrogens with one attached hydrogen (secondary N) is 1. The number of aromatic nitrogens is 4. The van der Waals surface area contributed by atoms with E-state index in [0.717, 1.165) is 0 Å². The Labute approximate surface area is 98.7 Å². The fraction of sp³-hybridized carbons (Fsp3) is 0.111. The predicted octanol–water partition coefficient (Wildman–Crippen LogP) is 0.167. The Balaban J connectivity index is 2.51. The van der Waals surface area contributed by atoms with Gasteiger partial charge < -0.3 is 0 Å². The molecule has 0 radical (unpaired) electrons. The number of halogens is 2. The van der Waals surface area contributed by atoms with Crippen molar-refractivity contribution in [3.8, 4) is 0 Å². The van der Waals surface area contributed by atoms with Crippen LogP contribution in [0.15, 0.2) is 28.2 Å². The van der Waals surface area contributed by atoms with Crippen LogP contribution in [-0.4, -0.2) is 19.5 Å². The highest BCUT2D eigenvalue weighted by atomic mass is 35.5. The molecule has 0 saturated heterocycles. The van der Waals surface area contributed by atoms with Crippen molar-refractivity contribution in [3.63, 3.8) is 0 Å². The first-order chi connectivity index (χ1) is 8.09. The van der Waals surface area contributed by atoms with Crippen LogP contribution >= 0.6 is 11.6 Å². The van der Waals surface area contributed by atoms with Gasteiger partial charge in [0.15, 0.2) is 5.15 Å². The molecule has 8 heteroatoms. The topological polar surface area (TPSA) is 80.6 Å². The van der Waals surface area contributed by atoms with Crippen molar-refractivity contribution in [2.75, 3.05) is 0 Å². The molecule has 1 N–H and O–H groups in total. The molecule has 0 fully saturated rings. The molecular weight excluding hydrogens is 251 g/mol. The quantitative estimate of drug-likeness (QED) is 0.777. The fourth-order valence-electron chi connectivity index (χ4n) is 1.24. The normalized spacial score (nSPS) is 10.5. The second kappa shape index (κ2) is 4.46. The molecule has 2 aromatic rings. The minimum Gasteiger partial charge on any atom is -0.295 e. The van der Waals surface area contributed by atoms with E-state index in [2.05, 4.69) is 9.97 Å². The van der Waals surface area contributed by atoms with E-state index < -0.39 is 22.2 Å². The summed E-state index contributed by atoms with van der Waals surface area (Å²) in [5.41, 5.74) is -1.47. The van der Waals surface area contributed by atoms with E-state index in [9.17, 15) is 14.0 Å². The van der Waals surface area contributed by atoms with E-state index in [-0.39, 0.29) is 6.54 Å². The highest BCUT2D eigenvalue weighted by Crippen LogP contribution is 2.02. The molecule has 88 valence electrons. The molecule has 2 aromatic heterocycles. The summed E-state index contributed by atoms with van der Waals surface area (Å²) in [6.45, 7) is -0.148. The van der Waals surface area contributed by atoms with Crippen LogP contribution in [0.3, 0.4) is 0 Å². The van der Waals surface area contributed by atoms with Gasteiger partial charge in [0.05, 0.1) is 12.2 Å². The smallest absolute Gasteiger partial charge is 0.295 e. The first-order valence-corrected chi connectivity index (χ1v) is 4.90. The second-order valence-corrected chi connectivity index (χ2v) is 3.53. The second-order valence-electron chi connectivity index (χ2n) is 3.15. The molecule has 0 saturated carbocycles. The molecule has 0 atom stereocenters. The summed E-state index contributed by atoms with van der Waals surface area (Å²) < 4.78 is 13.9. The molecule has 6 nitrogen and oxygen atoms in total. The van der Waals surface area contributed by atoms with Crippen LogP contribution in [-0.2, 0) is 6.54 Å². The average molecular weight is 257 g/mol. The van der Waals surface area contributed by atoms with Gasteiger partial charge in [-0.25, -0.2) is 14.8 Å². The monoisotopic (exact) mass is 256 g/mol. The van der Waals surface area contributed by atoms with Gasteiger partial charge in [0.2, 0.25) is 5.82 Å². The number of nitrogens with zero attached hydrogens (tertiary/aromatic N) is 3. The Hall–Kier alpha value is -2.02. The SMILES string of the molecule is O=c1[nH]c(Cl)c(F)c(=O)n1Cc1ccncn1.